The SMILES string of the molecule is O=C(CCC(=O)OCC=Cc1ccccc1)OCC=Cc1ccccc1. The molecule has 26 heavy (non-hydrogen) atoms. The molecule has 0 aliphatic carbocycles. The number of ether oxygens (including phenoxy) is 2. The smallest absolute Gasteiger partial charge is 0.306 e. The normalized spacial score (nSPS) is 10.9. The van der Waals surface area contributed by atoms with Crippen LogP contribution in [0.3, 0.4) is 0 Å². The van der Waals surface area contributed by atoms with Crippen LogP contribution in [-0.2, 0) is 19.1 Å². The van der Waals surface area contributed by atoms with E-state index in [1.165, 1.54) is 0 Å². The Hall–Kier alpha value is -3.14. The molecule has 0 heterocycles. The Morgan fingerprint density at radius 3 is 1.42 bits per heavy atom. The van der Waals surface area contributed by atoms with Crippen LogP contribution >= 0.6 is 0 Å². The van der Waals surface area contributed by atoms with Crippen molar-refractivity contribution < 1.29 is 19.1 Å². The van der Waals surface area contributed by atoms with E-state index in [1.54, 1.807) is 12.2 Å². The fraction of sp³-hybridized carbons (Fsp3) is 0.182. The maximum Gasteiger partial charge on any atom is 0.306 e. The number of rotatable bonds is 9. The van der Waals surface area contributed by atoms with Crippen molar-refractivity contribution in [3.63, 3.8) is 0 Å². The van der Waals surface area contributed by atoms with E-state index in [-0.39, 0.29) is 26.1 Å². The molecule has 0 radical (unpaired) electrons. The molecule has 0 aromatic heterocycles. The average Bonchev–Trinajstić information content (AvgIpc) is 2.68. The van der Waals surface area contributed by atoms with Crippen LogP contribution < -0.4 is 0 Å². The van der Waals surface area contributed by atoms with Gasteiger partial charge >= 0.3 is 11.9 Å². The molecule has 4 nitrogen and oxygen atoms in total. The van der Waals surface area contributed by atoms with Crippen molar-refractivity contribution in [1.29, 1.82) is 0 Å². The molecule has 0 aliphatic heterocycles. The highest BCUT2D eigenvalue weighted by molar-refractivity contribution is 5.77. The number of carbonyl (C=O) groups excluding carboxylic acids is 2. The monoisotopic (exact) mass is 350 g/mol. The lowest BCUT2D eigenvalue weighted by Crippen LogP contribution is -2.10. The van der Waals surface area contributed by atoms with Gasteiger partial charge < -0.3 is 9.47 Å². The Morgan fingerprint density at radius 1 is 0.654 bits per heavy atom. The van der Waals surface area contributed by atoms with E-state index in [0.29, 0.717) is 0 Å². The first-order valence-corrected chi connectivity index (χ1v) is 8.48. The summed E-state index contributed by atoms with van der Waals surface area (Å²) in [6.07, 6.45) is 7.31. The van der Waals surface area contributed by atoms with Gasteiger partial charge in [0.15, 0.2) is 0 Å². The van der Waals surface area contributed by atoms with Gasteiger partial charge in [-0.05, 0) is 23.3 Å². The van der Waals surface area contributed by atoms with Crippen LogP contribution in [0.2, 0.25) is 0 Å². The second-order valence-corrected chi connectivity index (χ2v) is 5.49. The third-order valence-electron chi connectivity index (χ3n) is 3.43. The van der Waals surface area contributed by atoms with Crippen LogP contribution in [0.15, 0.2) is 72.8 Å². The molecule has 0 atom stereocenters. The zero-order chi connectivity index (χ0) is 18.5. The summed E-state index contributed by atoms with van der Waals surface area (Å²) in [6, 6.07) is 19.5. The molecule has 0 saturated carbocycles. The van der Waals surface area contributed by atoms with Crippen molar-refractivity contribution >= 4 is 24.1 Å². The first-order chi connectivity index (χ1) is 12.7. The zero-order valence-electron chi connectivity index (χ0n) is 14.5. The number of carbonyl (C=O) groups is 2. The van der Waals surface area contributed by atoms with Crippen LogP contribution in [-0.4, -0.2) is 25.2 Å². The zero-order valence-corrected chi connectivity index (χ0v) is 14.5. The maximum absolute atomic E-state index is 11.6. The summed E-state index contributed by atoms with van der Waals surface area (Å²) in [4.78, 5) is 23.2. The molecule has 2 aromatic rings. The van der Waals surface area contributed by atoms with E-state index in [9.17, 15) is 9.59 Å². The largest absolute Gasteiger partial charge is 0.461 e. The Balaban J connectivity index is 1.56. The molecule has 0 fully saturated rings. The molecule has 2 aromatic carbocycles. The van der Waals surface area contributed by atoms with Crippen molar-refractivity contribution in [2.75, 3.05) is 13.2 Å². The lowest BCUT2D eigenvalue weighted by Gasteiger charge is -2.03. The molecule has 0 saturated heterocycles. The lowest BCUT2D eigenvalue weighted by molar-refractivity contribution is -0.149. The van der Waals surface area contributed by atoms with Gasteiger partial charge in [0.1, 0.15) is 13.2 Å². The van der Waals surface area contributed by atoms with Crippen molar-refractivity contribution in [1.82, 2.24) is 0 Å². The first kappa shape index (κ1) is 19.2. The van der Waals surface area contributed by atoms with Crippen LogP contribution in [0, 0.1) is 0 Å². The van der Waals surface area contributed by atoms with Crippen molar-refractivity contribution in [2.45, 2.75) is 12.8 Å². The van der Waals surface area contributed by atoms with Gasteiger partial charge in [-0.25, -0.2) is 0 Å². The van der Waals surface area contributed by atoms with Crippen molar-refractivity contribution in [2.24, 2.45) is 0 Å². The molecule has 2 rings (SSSR count). The van der Waals surface area contributed by atoms with Crippen molar-refractivity contribution in [3.05, 3.63) is 83.9 Å². The highest BCUT2D eigenvalue weighted by atomic mass is 16.5. The van der Waals surface area contributed by atoms with Gasteiger partial charge in [-0.15, -0.1) is 0 Å². The number of benzene rings is 2. The second kappa shape index (κ2) is 11.4. The summed E-state index contributed by atoms with van der Waals surface area (Å²) in [5.41, 5.74) is 2.08. The van der Waals surface area contributed by atoms with Crippen molar-refractivity contribution in [3.8, 4) is 0 Å². The van der Waals surface area contributed by atoms with Crippen LogP contribution in [0.4, 0.5) is 0 Å². The molecule has 0 amide bonds. The molecule has 0 N–H and O–H groups in total. The lowest BCUT2D eigenvalue weighted by atomic mass is 10.2. The first-order valence-electron chi connectivity index (χ1n) is 8.48. The molecular weight excluding hydrogens is 328 g/mol. The summed E-state index contributed by atoms with van der Waals surface area (Å²) < 4.78 is 10.1. The van der Waals surface area contributed by atoms with E-state index >= 15 is 0 Å². The average molecular weight is 350 g/mol. The number of hydrogen-bond acceptors (Lipinski definition) is 4. The summed E-state index contributed by atoms with van der Waals surface area (Å²) in [5, 5.41) is 0. The number of hydrogen-bond donors (Lipinski definition) is 0. The number of esters is 2. The minimum absolute atomic E-state index is 0.0143. The van der Waals surface area contributed by atoms with Crippen LogP contribution in [0.25, 0.3) is 12.2 Å². The minimum atomic E-state index is -0.417. The molecule has 0 spiro atoms. The standard InChI is InChI=1S/C22H22O4/c23-21(25-17-7-13-19-9-3-1-4-10-19)15-16-22(24)26-18-8-14-20-11-5-2-6-12-20/h1-14H,15-18H2. The quantitative estimate of drug-likeness (QED) is 0.634. The Bertz CT molecular complexity index is 668. The highest BCUT2D eigenvalue weighted by Crippen LogP contribution is 2.03. The molecular formula is C22H22O4. The Kier molecular flexibility index (Phi) is 8.43. The summed E-state index contributed by atoms with van der Waals surface area (Å²) in [6.45, 7) is 0.366. The molecule has 4 heteroatoms. The van der Waals surface area contributed by atoms with Gasteiger partial charge in [-0.2, -0.15) is 0 Å². The Labute approximate surface area is 153 Å². The molecule has 0 bridgehead atoms. The molecule has 0 unspecified atom stereocenters. The minimum Gasteiger partial charge on any atom is -0.461 e. The van der Waals surface area contributed by atoms with Gasteiger partial charge in [0, 0.05) is 0 Å². The van der Waals surface area contributed by atoms with E-state index in [0.717, 1.165) is 11.1 Å². The maximum atomic E-state index is 11.6. The highest BCUT2D eigenvalue weighted by Gasteiger charge is 2.07. The van der Waals surface area contributed by atoms with Crippen LogP contribution in [0.1, 0.15) is 24.0 Å². The predicted octanol–water partition coefficient (Wildman–Crippen LogP) is 4.28. The third-order valence-corrected chi connectivity index (χ3v) is 3.43. The summed E-state index contributed by atoms with van der Waals surface area (Å²) >= 11 is 0. The van der Waals surface area contributed by atoms with E-state index in [4.69, 9.17) is 9.47 Å². The Morgan fingerprint density at radius 2 is 1.04 bits per heavy atom. The summed E-state index contributed by atoms with van der Waals surface area (Å²) in [7, 11) is 0. The predicted molar refractivity (Wildman–Crippen MR) is 102 cm³/mol. The second-order valence-electron chi connectivity index (χ2n) is 5.49. The van der Waals surface area contributed by atoms with Gasteiger partial charge in [0.25, 0.3) is 0 Å². The van der Waals surface area contributed by atoms with E-state index < -0.39 is 11.9 Å². The molecule has 0 aliphatic rings. The summed E-state index contributed by atoms with van der Waals surface area (Å²) in [5.74, 6) is -0.834. The third kappa shape index (κ3) is 8.11. The fourth-order valence-electron chi connectivity index (χ4n) is 2.13. The topological polar surface area (TPSA) is 52.6 Å². The van der Waals surface area contributed by atoms with E-state index in [2.05, 4.69) is 0 Å². The fourth-order valence-corrected chi connectivity index (χ4v) is 2.13. The molecule has 134 valence electrons. The van der Waals surface area contributed by atoms with Gasteiger partial charge in [0.05, 0.1) is 12.8 Å². The van der Waals surface area contributed by atoms with Crippen LogP contribution in [0.5, 0.6) is 0 Å². The van der Waals surface area contributed by atoms with Gasteiger partial charge in [-0.1, -0.05) is 72.8 Å². The van der Waals surface area contributed by atoms with Gasteiger partial charge in [0.2, 0.25) is 0 Å². The van der Waals surface area contributed by atoms with E-state index in [1.807, 2.05) is 72.8 Å². The van der Waals surface area contributed by atoms with Gasteiger partial charge in [-0.3, -0.25) is 9.59 Å².